The molecule has 0 saturated carbocycles. The Labute approximate surface area is 179 Å². The Kier molecular flexibility index (Phi) is 6.97. The number of hydrogen-bond donors (Lipinski definition) is 1. The summed E-state index contributed by atoms with van der Waals surface area (Å²) < 4.78 is 6.51. The number of ether oxygens (including phenoxy) is 1. The third kappa shape index (κ3) is 5.68. The molecular formula is C21H25N5OS2. The highest BCUT2D eigenvalue weighted by molar-refractivity contribution is 8.00. The topological polar surface area (TPSA) is 63.2 Å². The van der Waals surface area contributed by atoms with E-state index in [4.69, 9.17) is 9.72 Å². The third-order valence-electron chi connectivity index (χ3n) is 4.65. The van der Waals surface area contributed by atoms with Gasteiger partial charge in [0.15, 0.2) is 4.34 Å². The Bertz CT molecular complexity index is 912. The van der Waals surface area contributed by atoms with Crippen LogP contribution < -0.4 is 10.2 Å². The van der Waals surface area contributed by atoms with Gasteiger partial charge in [-0.05, 0) is 18.1 Å². The van der Waals surface area contributed by atoms with E-state index in [1.165, 1.54) is 11.3 Å². The second-order valence-corrected chi connectivity index (χ2v) is 9.03. The monoisotopic (exact) mass is 427 g/mol. The van der Waals surface area contributed by atoms with E-state index in [1.54, 1.807) is 23.1 Å². The Morgan fingerprint density at radius 3 is 2.72 bits per heavy atom. The van der Waals surface area contributed by atoms with E-state index < -0.39 is 0 Å². The van der Waals surface area contributed by atoms with Crippen molar-refractivity contribution in [3.05, 3.63) is 58.7 Å². The smallest absolute Gasteiger partial charge is 0.174 e. The Balaban J connectivity index is 1.50. The Morgan fingerprint density at radius 1 is 1.14 bits per heavy atom. The van der Waals surface area contributed by atoms with Crippen molar-refractivity contribution in [2.24, 2.45) is 0 Å². The molecule has 29 heavy (non-hydrogen) atoms. The molecule has 1 aliphatic rings. The fourth-order valence-corrected chi connectivity index (χ4v) is 4.83. The number of pyridine rings is 1. The molecule has 0 aliphatic carbocycles. The summed E-state index contributed by atoms with van der Waals surface area (Å²) in [4.78, 5) is 7.22. The van der Waals surface area contributed by atoms with Gasteiger partial charge in [0.1, 0.15) is 10.8 Å². The van der Waals surface area contributed by atoms with Crippen molar-refractivity contribution in [1.29, 1.82) is 0 Å². The number of aryl methyl sites for hydroxylation is 1. The molecule has 4 rings (SSSR count). The standard InChI is InChI=1S/C21H25N5OS2/c1-2-20-24-25-21(29-20)28-15-17-12-18(26-8-10-27-11-9-26)13-19(23-17)22-14-16-6-4-3-5-7-16/h3-7,12-13H,2,8-11,14-15H2,1H3,(H,22,23). The van der Waals surface area contributed by atoms with Gasteiger partial charge in [-0.3, -0.25) is 0 Å². The van der Waals surface area contributed by atoms with Gasteiger partial charge in [0.25, 0.3) is 0 Å². The lowest BCUT2D eigenvalue weighted by molar-refractivity contribution is 0.122. The van der Waals surface area contributed by atoms with Crippen LogP contribution in [0.1, 0.15) is 23.2 Å². The van der Waals surface area contributed by atoms with E-state index in [2.05, 4.69) is 63.7 Å². The normalized spacial score (nSPS) is 14.2. The van der Waals surface area contributed by atoms with Crippen molar-refractivity contribution in [2.75, 3.05) is 36.5 Å². The second kappa shape index (κ2) is 10.0. The fourth-order valence-electron chi connectivity index (χ4n) is 3.10. The molecule has 1 aliphatic heterocycles. The minimum absolute atomic E-state index is 0.753. The van der Waals surface area contributed by atoms with Crippen molar-refractivity contribution in [1.82, 2.24) is 15.2 Å². The molecule has 152 valence electrons. The van der Waals surface area contributed by atoms with Crippen LogP contribution in [0.3, 0.4) is 0 Å². The van der Waals surface area contributed by atoms with E-state index in [0.717, 1.165) is 65.9 Å². The molecule has 0 radical (unpaired) electrons. The lowest BCUT2D eigenvalue weighted by atomic mass is 10.2. The summed E-state index contributed by atoms with van der Waals surface area (Å²) in [5.41, 5.74) is 3.48. The molecular weight excluding hydrogens is 402 g/mol. The zero-order chi connectivity index (χ0) is 19.9. The first-order valence-electron chi connectivity index (χ1n) is 9.87. The highest BCUT2D eigenvalue weighted by atomic mass is 32.2. The van der Waals surface area contributed by atoms with Crippen molar-refractivity contribution in [3.63, 3.8) is 0 Å². The predicted octanol–water partition coefficient (Wildman–Crippen LogP) is 4.24. The van der Waals surface area contributed by atoms with Crippen LogP contribution in [0, 0.1) is 0 Å². The molecule has 6 nitrogen and oxygen atoms in total. The summed E-state index contributed by atoms with van der Waals surface area (Å²) in [6.07, 6.45) is 0.927. The highest BCUT2D eigenvalue weighted by Crippen LogP contribution is 2.28. The van der Waals surface area contributed by atoms with E-state index in [-0.39, 0.29) is 0 Å². The number of aromatic nitrogens is 3. The summed E-state index contributed by atoms with van der Waals surface area (Å²) in [6, 6.07) is 14.7. The first-order valence-corrected chi connectivity index (χ1v) is 11.7. The van der Waals surface area contributed by atoms with Gasteiger partial charge in [-0.2, -0.15) is 0 Å². The summed E-state index contributed by atoms with van der Waals surface area (Å²) in [6.45, 7) is 6.21. The third-order valence-corrected chi connectivity index (χ3v) is 6.88. The van der Waals surface area contributed by atoms with Crippen LogP contribution in [-0.2, 0) is 23.5 Å². The quantitative estimate of drug-likeness (QED) is 0.540. The lowest BCUT2D eigenvalue weighted by Crippen LogP contribution is -2.36. The second-order valence-electron chi connectivity index (χ2n) is 6.74. The number of nitrogens with one attached hydrogen (secondary N) is 1. The van der Waals surface area contributed by atoms with E-state index in [9.17, 15) is 0 Å². The van der Waals surface area contributed by atoms with Crippen LogP contribution in [0.15, 0.2) is 46.8 Å². The molecule has 1 saturated heterocycles. The van der Waals surface area contributed by atoms with Gasteiger partial charge in [-0.25, -0.2) is 4.98 Å². The molecule has 0 amide bonds. The predicted molar refractivity (Wildman–Crippen MR) is 120 cm³/mol. The summed E-state index contributed by atoms with van der Waals surface area (Å²) in [7, 11) is 0. The minimum atomic E-state index is 0.753. The SMILES string of the molecule is CCc1nnc(SCc2cc(N3CCOCC3)cc(NCc3ccccc3)n2)s1. The van der Waals surface area contributed by atoms with Crippen LogP contribution in [-0.4, -0.2) is 41.5 Å². The van der Waals surface area contributed by atoms with Crippen molar-refractivity contribution >= 4 is 34.6 Å². The van der Waals surface area contributed by atoms with Gasteiger partial charge >= 0.3 is 0 Å². The van der Waals surface area contributed by atoms with E-state index in [1.807, 2.05) is 6.07 Å². The van der Waals surface area contributed by atoms with Gasteiger partial charge in [-0.15, -0.1) is 10.2 Å². The fraction of sp³-hybridized carbons (Fsp3) is 0.381. The number of morpholine rings is 1. The highest BCUT2D eigenvalue weighted by Gasteiger charge is 2.14. The first-order chi connectivity index (χ1) is 14.3. The number of nitrogens with zero attached hydrogens (tertiary/aromatic N) is 4. The van der Waals surface area contributed by atoms with Crippen LogP contribution in [0.5, 0.6) is 0 Å². The van der Waals surface area contributed by atoms with Crippen LogP contribution >= 0.6 is 23.1 Å². The maximum Gasteiger partial charge on any atom is 0.174 e. The zero-order valence-electron chi connectivity index (χ0n) is 16.5. The van der Waals surface area contributed by atoms with Crippen molar-refractivity contribution in [3.8, 4) is 0 Å². The maximum atomic E-state index is 5.51. The largest absolute Gasteiger partial charge is 0.378 e. The molecule has 1 N–H and O–H groups in total. The number of rotatable bonds is 8. The molecule has 8 heteroatoms. The molecule has 3 heterocycles. The molecule has 0 spiro atoms. The van der Waals surface area contributed by atoms with Gasteiger partial charge in [0, 0.05) is 37.1 Å². The summed E-state index contributed by atoms with van der Waals surface area (Å²) >= 11 is 3.37. The Hall–Kier alpha value is -2.16. The van der Waals surface area contributed by atoms with Crippen LogP contribution in [0.25, 0.3) is 0 Å². The molecule has 0 bridgehead atoms. The van der Waals surface area contributed by atoms with E-state index in [0.29, 0.717) is 0 Å². The lowest BCUT2D eigenvalue weighted by Gasteiger charge is -2.29. The summed E-state index contributed by atoms with van der Waals surface area (Å²) in [5, 5.41) is 13.1. The average Bonchev–Trinajstić information content (AvgIpc) is 3.26. The van der Waals surface area contributed by atoms with E-state index >= 15 is 0 Å². The average molecular weight is 428 g/mol. The van der Waals surface area contributed by atoms with Crippen molar-refractivity contribution in [2.45, 2.75) is 30.0 Å². The Morgan fingerprint density at radius 2 is 1.97 bits per heavy atom. The van der Waals surface area contributed by atoms with Gasteiger partial charge in [0.2, 0.25) is 0 Å². The molecule has 0 unspecified atom stereocenters. The van der Waals surface area contributed by atoms with Gasteiger partial charge in [-0.1, -0.05) is 60.4 Å². The molecule has 0 atom stereocenters. The van der Waals surface area contributed by atoms with Gasteiger partial charge < -0.3 is 15.0 Å². The van der Waals surface area contributed by atoms with Gasteiger partial charge in [0.05, 0.1) is 18.9 Å². The number of hydrogen-bond acceptors (Lipinski definition) is 8. The molecule has 3 aromatic rings. The molecule has 1 aromatic carbocycles. The molecule has 1 fully saturated rings. The zero-order valence-corrected chi connectivity index (χ0v) is 18.1. The number of benzene rings is 1. The van der Waals surface area contributed by atoms with Crippen LogP contribution in [0.2, 0.25) is 0 Å². The first kappa shape index (κ1) is 20.1. The minimum Gasteiger partial charge on any atom is -0.378 e. The van der Waals surface area contributed by atoms with Crippen molar-refractivity contribution < 1.29 is 4.74 Å². The number of anilines is 2. The van der Waals surface area contributed by atoms with Crippen LogP contribution in [0.4, 0.5) is 11.5 Å². The number of thioether (sulfide) groups is 1. The summed E-state index contributed by atoms with van der Waals surface area (Å²) in [5.74, 6) is 1.68. The molecule has 2 aromatic heterocycles. The maximum absolute atomic E-state index is 5.51.